The van der Waals surface area contributed by atoms with Gasteiger partial charge in [-0.2, -0.15) is 0 Å². The number of fused-ring (bicyclic) bond motifs is 1. The van der Waals surface area contributed by atoms with Gasteiger partial charge in [-0.05, 0) is 62.2 Å². The first-order valence-corrected chi connectivity index (χ1v) is 9.24. The Kier molecular flexibility index (Phi) is 5.16. The fourth-order valence-electron chi connectivity index (χ4n) is 3.53. The van der Waals surface area contributed by atoms with Gasteiger partial charge in [-0.25, -0.2) is 9.37 Å². The van der Waals surface area contributed by atoms with Gasteiger partial charge in [0.15, 0.2) is 11.5 Å². The van der Waals surface area contributed by atoms with Gasteiger partial charge >= 0.3 is 0 Å². The molecule has 1 saturated heterocycles. The van der Waals surface area contributed by atoms with Gasteiger partial charge < -0.3 is 14.1 Å². The summed E-state index contributed by atoms with van der Waals surface area (Å²) in [5.41, 5.74) is 1.81. The molecule has 0 spiro atoms. The first-order valence-electron chi connectivity index (χ1n) is 9.24. The molecular weight excluding hydrogens is 331 g/mol. The predicted octanol–water partition coefficient (Wildman–Crippen LogP) is 4.62. The SMILES string of the molecule is Fc1ccc(OCCCN2CCCC(c3nc4ccccc4o3)C2)cc1. The Morgan fingerprint density at radius 1 is 1.15 bits per heavy atom. The van der Waals surface area contributed by atoms with Crippen LogP contribution in [0.3, 0.4) is 0 Å². The normalized spacial score (nSPS) is 18.3. The zero-order valence-electron chi connectivity index (χ0n) is 14.7. The Bertz CT molecular complexity index is 814. The summed E-state index contributed by atoms with van der Waals surface area (Å²) in [4.78, 5) is 7.12. The highest BCUT2D eigenvalue weighted by atomic mass is 19.1. The molecule has 1 aromatic heterocycles. The maximum atomic E-state index is 12.9. The summed E-state index contributed by atoms with van der Waals surface area (Å²) in [5.74, 6) is 1.69. The molecule has 3 aromatic rings. The van der Waals surface area contributed by atoms with E-state index in [0.29, 0.717) is 12.5 Å². The molecule has 1 unspecified atom stereocenters. The van der Waals surface area contributed by atoms with E-state index in [1.165, 1.54) is 12.1 Å². The molecular formula is C21H23FN2O2. The Morgan fingerprint density at radius 3 is 2.85 bits per heavy atom. The minimum absolute atomic E-state index is 0.240. The second-order valence-corrected chi connectivity index (χ2v) is 6.82. The monoisotopic (exact) mass is 354 g/mol. The van der Waals surface area contributed by atoms with E-state index in [9.17, 15) is 4.39 Å². The van der Waals surface area contributed by atoms with Crippen molar-refractivity contribution >= 4 is 11.1 Å². The molecule has 1 aliphatic heterocycles. The third-order valence-electron chi connectivity index (χ3n) is 4.87. The lowest BCUT2D eigenvalue weighted by atomic mass is 9.98. The molecule has 2 aromatic carbocycles. The van der Waals surface area contributed by atoms with E-state index >= 15 is 0 Å². The summed E-state index contributed by atoms with van der Waals surface area (Å²) in [7, 11) is 0. The number of aromatic nitrogens is 1. The van der Waals surface area contributed by atoms with Gasteiger partial charge in [-0.1, -0.05) is 12.1 Å². The lowest BCUT2D eigenvalue weighted by Crippen LogP contribution is -2.35. The van der Waals surface area contributed by atoms with Crippen molar-refractivity contribution in [2.24, 2.45) is 0 Å². The fraction of sp³-hybridized carbons (Fsp3) is 0.381. The molecule has 0 amide bonds. The number of piperidine rings is 1. The third kappa shape index (κ3) is 4.05. The lowest BCUT2D eigenvalue weighted by molar-refractivity contribution is 0.179. The number of benzene rings is 2. The molecule has 136 valence electrons. The Balaban J connectivity index is 1.27. The molecule has 4 rings (SSSR count). The Morgan fingerprint density at radius 2 is 2.00 bits per heavy atom. The number of oxazole rings is 1. The van der Waals surface area contributed by atoms with E-state index < -0.39 is 0 Å². The number of para-hydroxylation sites is 2. The molecule has 0 radical (unpaired) electrons. The maximum absolute atomic E-state index is 12.9. The second-order valence-electron chi connectivity index (χ2n) is 6.82. The summed E-state index contributed by atoms with van der Waals surface area (Å²) in [5, 5.41) is 0. The van der Waals surface area contributed by atoms with Crippen molar-refractivity contribution in [1.29, 1.82) is 0 Å². The van der Waals surface area contributed by atoms with Crippen molar-refractivity contribution < 1.29 is 13.5 Å². The molecule has 0 N–H and O–H groups in total. The van der Waals surface area contributed by atoms with E-state index in [2.05, 4.69) is 9.88 Å². The van der Waals surface area contributed by atoms with Gasteiger partial charge in [0.2, 0.25) is 0 Å². The van der Waals surface area contributed by atoms with Crippen LogP contribution in [0.1, 0.15) is 31.1 Å². The largest absolute Gasteiger partial charge is 0.494 e. The number of nitrogens with zero attached hydrogens (tertiary/aromatic N) is 2. The van der Waals surface area contributed by atoms with E-state index in [1.54, 1.807) is 12.1 Å². The summed E-state index contributed by atoms with van der Waals surface area (Å²) in [6, 6.07) is 14.1. The fourth-order valence-corrected chi connectivity index (χ4v) is 3.53. The minimum Gasteiger partial charge on any atom is -0.494 e. The van der Waals surface area contributed by atoms with Gasteiger partial charge in [-0.15, -0.1) is 0 Å². The first-order chi connectivity index (χ1) is 12.8. The van der Waals surface area contributed by atoms with Crippen molar-refractivity contribution in [3.63, 3.8) is 0 Å². The smallest absolute Gasteiger partial charge is 0.199 e. The molecule has 5 heteroatoms. The van der Waals surface area contributed by atoms with Crippen LogP contribution in [0.15, 0.2) is 52.9 Å². The third-order valence-corrected chi connectivity index (χ3v) is 4.87. The highest BCUT2D eigenvalue weighted by Gasteiger charge is 2.25. The van der Waals surface area contributed by atoms with Gasteiger partial charge in [0.25, 0.3) is 0 Å². The van der Waals surface area contributed by atoms with E-state index in [4.69, 9.17) is 9.15 Å². The zero-order chi connectivity index (χ0) is 17.8. The maximum Gasteiger partial charge on any atom is 0.199 e. The van der Waals surface area contributed by atoms with Crippen molar-refractivity contribution in [3.05, 3.63) is 60.2 Å². The van der Waals surface area contributed by atoms with E-state index in [-0.39, 0.29) is 5.82 Å². The second kappa shape index (κ2) is 7.87. The van der Waals surface area contributed by atoms with Crippen molar-refractivity contribution in [2.75, 3.05) is 26.2 Å². The molecule has 1 atom stereocenters. The molecule has 0 aliphatic carbocycles. The van der Waals surface area contributed by atoms with Gasteiger partial charge in [0, 0.05) is 19.0 Å². The van der Waals surface area contributed by atoms with Crippen LogP contribution >= 0.6 is 0 Å². The van der Waals surface area contributed by atoms with Crippen molar-refractivity contribution in [3.8, 4) is 5.75 Å². The van der Waals surface area contributed by atoms with Crippen molar-refractivity contribution in [2.45, 2.75) is 25.2 Å². The van der Waals surface area contributed by atoms with Crippen LogP contribution < -0.4 is 4.74 Å². The number of ether oxygens (including phenoxy) is 1. The molecule has 1 fully saturated rings. The van der Waals surface area contributed by atoms with Crippen LogP contribution in [0.2, 0.25) is 0 Å². The lowest BCUT2D eigenvalue weighted by Gasteiger charge is -2.31. The van der Waals surface area contributed by atoms with Crippen LogP contribution in [0.25, 0.3) is 11.1 Å². The zero-order valence-corrected chi connectivity index (χ0v) is 14.7. The molecule has 0 saturated carbocycles. The van der Waals surface area contributed by atoms with Crippen molar-refractivity contribution in [1.82, 2.24) is 9.88 Å². The average Bonchev–Trinajstić information content (AvgIpc) is 3.11. The standard InChI is InChI=1S/C21H23FN2O2/c22-17-8-10-18(11-9-17)25-14-4-13-24-12-3-5-16(15-24)21-23-19-6-1-2-7-20(19)26-21/h1-2,6-11,16H,3-5,12-15H2. The summed E-state index contributed by atoms with van der Waals surface area (Å²) < 4.78 is 24.5. The molecule has 26 heavy (non-hydrogen) atoms. The topological polar surface area (TPSA) is 38.5 Å². The highest BCUT2D eigenvalue weighted by molar-refractivity contribution is 5.72. The Labute approximate surface area is 152 Å². The number of halogens is 1. The van der Waals surface area contributed by atoms with E-state index in [1.807, 2.05) is 24.3 Å². The number of rotatable bonds is 6. The molecule has 1 aliphatic rings. The highest BCUT2D eigenvalue weighted by Crippen LogP contribution is 2.29. The number of hydrogen-bond donors (Lipinski definition) is 0. The predicted molar refractivity (Wildman–Crippen MR) is 98.9 cm³/mol. The summed E-state index contributed by atoms with van der Waals surface area (Å²) >= 11 is 0. The first kappa shape index (κ1) is 17.0. The number of likely N-dealkylation sites (tertiary alicyclic amines) is 1. The number of hydrogen-bond acceptors (Lipinski definition) is 4. The quantitative estimate of drug-likeness (QED) is 0.606. The summed E-state index contributed by atoms with van der Waals surface area (Å²) in [6.07, 6.45) is 3.22. The van der Waals surface area contributed by atoms with Gasteiger partial charge in [0.05, 0.1) is 6.61 Å². The summed E-state index contributed by atoms with van der Waals surface area (Å²) in [6.45, 7) is 3.70. The van der Waals surface area contributed by atoms with Gasteiger partial charge in [0.1, 0.15) is 17.1 Å². The van der Waals surface area contributed by atoms with Crippen LogP contribution in [0, 0.1) is 5.82 Å². The van der Waals surface area contributed by atoms with E-state index in [0.717, 1.165) is 61.6 Å². The average molecular weight is 354 g/mol. The van der Waals surface area contributed by atoms with Crippen LogP contribution in [0.4, 0.5) is 4.39 Å². The minimum atomic E-state index is -0.240. The Hall–Kier alpha value is -2.40. The van der Waals surface area contributed by atoms with Gasteiger partial charge in [-0.3, -0.25) is 0 Å². The molecule has 0 bridgehead atoms. The molecule has 4 nitrogen and oxygen atoms in total. The van der Waals surface area contributed by atoms with Crippen LogP contribution in [-0.2, 0) is 0 Å². The van der Waals surface area contributed by atoms with Crippen LogP contribution in [-0.4, -0.2) is 36.1 Å². The molecule has 2 heterocycles. The van der Waals surface area contributed by atoms with Crippen LogP contribution in [0.5, 0.6) is 5.75 Å².